The normalized spacial score (nSPS) is 11.9. The number of hydrogen-bond donors (Lipinski definition) is 1. The van der Waals surface area contributed by atoms with E-state index in [2.05, 4.69) is 10.3 Å². The number of aromatic nitrogens is 1. The molecule has 8 heteroatoms. The van der Waals surface area contributed by atoms with E-state index in [1.165, 1.54) is 12.3 Å². The summed E-state index contributed by atoms with van der Waals surface area (Å²) < 4.78 is 38.5. The van der Waals surface area contributed by atoms with E-state index in [1.54, 1.807) is 13.8 Å². The summed E-state index contributed by atoms with van der Waals surface area (Å²) in [5.41, 5.74) is 0.471. The number of esters is 1. The summed E-state index contributed by atoms with van der Waals surface area (Å²) in [6.45, 7) is 3.51. The summed E-state index contributed by atoms with van der Waals surface area (Å²) >= 11 is 0. The van der Waals surface area contributed by atoms with Gasteiger partial charge in [-0.25, -0.2) is 13.8 Å². The third-order valence-corrected chi connectivity index (χ3v) is 4.60. The lowest BCUT2D eigenvalue weighted by Crippen LogP contribution is -2.31. The summed E-state index contributed by atoms with van der Waals surface area (Å²) in [6, 6.07) is 12.1. The van der Waals surface area contributed by atoms with Crippen LogP contribution >= 0.6 is 0 Å². The molecule has 1 aromatic heterocycles. The van der Waals surface area contributed by atoms with Crippen LogP contribution in [0.3, 0.4) is 0 Å². The van der Waals surface area contributed by atoms with Crippen LogP contribution < -0.4 is 5.32 Å². The van der Waals surface area contributed by atoms with E-state index in [0.717, 1.165) is 17.7 Å². The molecule has 0 spiro atoms. The molecule has 0 radical (unpaired) electrons. The Kier molecular flexibility index (Phi) is 7.70. The highest BCUT2D eigenvalue weighted by molar-refractivity contribution is 5.78. The van der Waals surface area contributed by atoms with Crippen LogP contribution in [0.25, 0.3) is 11.3 Å². The molecular formula is C24H24F2N2O4. The molecule has 1 amide bonds. The lowest BCUT2D eigenvalue weighted by Gasteiger charge is -2.19. The van der Waals surface area contributed by atoms with Gasteiger partial charge in [0.1, 0.15) is 11.6 Å². The maximum absolute atomic E-state index is 13.9. The maximum atomic E-state index is 13.9. The monoisotopic (exact) mass is 442 g/mol. The molecule has 0 saturated heterocycles. The van der Waals surface area contributed by atoms with Gasteiger partial charge in [0, 0.05) is 12.8 Å². The SMILES string of the molecule is CC(C)OC(=O)CC(NC(=O)CCc1ncc(-c2c(F)cccc2F)o1)c1ccccc1. The number of aryl methyl sites for hydroxylation is 1. The molecule has 1 unspecified atom stereocenters. The first kappa shape index (κ1) is 23.1. The number of nitrogens with one attached hydrogen (secondary N) is 1. The van der Waals surface area contributed by atoms with Gasteiger partial charge in [-0.05, 0) is 31.5 Å². The lowest BCUT2D eigenvalue weighted by atomic mass is 10.0. The number of carbonyl (C=O) groups excluding carboxylic acids is 2. The van der Waals surface area contributed by atoms with Gasteiger partial charge in [0.15, 0.2) is 11.7 Å². The zero-order valence-corrected chi connectivity index (χ0v) is 17.8. The molecule has 1 atom stereocenters. The zero-order chi connectivity index (χ0) is 23.1. The molecule has 3 aromatic rings. The van der Waals surface area contributed by atoms with Crippen molar-refractivity contribution in [3.8, 4) is 11.3 Å². The lowest BCUT2D eigenvalue weighted by molar-refractivity contribution is -0.148. The second-order valence-electron chi connectivity index (χ2n) is 7.49. The van der Waals surface area contributed by atoms with E-state index in [1.807, 2.05) is 30.3 Å². The van der Waals surface area contributed by atoms with Gasteiger partial charge < -0.3 is 14.5 Å². The number of nitrogens with zero attached hydrogens (tertiary/aromatic N) is 1. The highest BCUT2D eigenvalue weighted by Gasteiger charge is 2.21. The summed E-state index contributed by atoms with van der Waals surface area (Å²) in [4.78, 5) is 28.7. The molecule has 1 N–H and O–H groups in total. The Morgan fingerprint density at radius 2 is 1.75 bits per heavy atom. The quantitative estimate of drug-likeness (QED) is 0.484. The van der Waals surface area contributed by atoms with E-state index < -0.39 is 23.6 Å². The third kappa shape index (κ3) is 6.23. The number of halogens is 2. The molecular weight excluding hydrogens is 418 g/mol. The van der Waals surface area contributed by atoms with E-state index in [-0.39, 0.29) is 48.5 Å². The van der Waals surface area contributed by atoms with Crippen molar-refractivity contribution in [3.63, 3.8) is 0 Å². The zero-order valence-electron chi connectivity index (χ0n) is 17.8. The molecule has 0 aliphatic rings. The van der Waals surface area contributed by atoms with Gasteiger partial charge in [-0.3, -0.25) is 9.59 Å². The van der Waals surface area contributed by atoms with E-state index in [4.69, 9.17) is 9.15 Å². The Hall–Kier alpha value is -3.55. The molecule has 0 aliphatic carbocycles. The van der Waals surface area contributed by atoms with Crippen molar-refractivity contribution in [2.75, 3.05) is 0 Å². The average Bonchev–Trinajstić information content (AvgIpc) is 3.20. The summed E-state index contributed by atoms with van der Waals surface area (Å²) in [5.74, 6) is -2.14. The minimum Gasteiger partial charge on any atom is -0.463 e. The van der Waals surface area contributed by atoms with Crippen molar-refractivity contribution in [2.24, 2.45) is 0 Å². The summed E-state index contributed by atoms with van der Waals surface area (Å²) in [5, 5.41) is 2.84. The predicted octanol–water partition coefficient (Wildman–Crippen LogP) is 4.75. The molecule has 0 fully saturated rings. The Morgan fingerprint density at radius 1 is 1.06 bits per heavy atom. The van der Waals surface area contributed by atoms with Gasteiger partial charge in [0.2, 0.25) is 5.91 Å². The number of oxazole rings is 1. The number of hydrogen-bond acceptors (Lipinski definition) is 5. The van der Waals surface area contributed by atoms with E-state index in [0.29, 0.717) is 0 Å². The first-order chi connectivity index (χ1) is 15.3. The molecule has 1 heterocycles. The van der Waals surface area contributed by atoms with Gasteiger partial charge in [0.05, 0.1) is 30.3 Å². The van der Waals surface area contributed by atoms with Crippen LogP contribution in [-0.2, 0) is 20.7 Å². The van der Waals surface area contributed by atoms with Crippen molar-refractivity contribution in [2.45, 2.75) is 45.3 Å². The van der Waals surface area contributed by atoms with Gasteiger partial charge in [-0.2, -0.15) is 0 Å². The smallest absolute Gasteiger partial charge is 0.308 e. The topological polar surface area (TPSA) is 81.4 Å². The van der Waals surface area contributed by atoms with E-state index in [9.17, 15) is 18.4 Å². The van der Waals surface area contributed by atoms with Crippen LogP contribution in [0.15, 0.2) is 59.1 Å². The van der Waals surface area contributed by atoms with Gasteiger partial charge in [-0.15, -0.1) is 0 Å². The van der Waals surface area contributed by atoms with Crippen molar-refractivity contribution in [3.05, 3.63) is 77.8 Å². The van der Waals surface area contributed by atoms with Gasteiger partial charge in [-0.1, -0.05) is 36.4 Å². The van der Waals surface area contributed by atoms with Gasteiger partial charge >= 0.3 is 5.97 Å². The molecule has 32 heavy (non-hydrogen) atoms. The van der Waals surface area contributed by atoms with Crippen molar-refractivity contribution in [1.29, 1.82) is 0 Å². The van der Waals surface area contributed by atoms with Crippen molar-refractivity contribution >= 4 is 11.9 Å². The summed E-state index contributed by atoms with van der Waals surface area (Å²) in [7, 11) is 0. The number of amides is 1. The van der Waals surface area contributed by atoms with Crippen molar-refractivity contribution < 1.29 is 27.5 Å². The number of benzene rings is 2. The van der Waals surface area contributed by atoms with Gasteiger partial charge in [0.25, 0.3) is 0 Å². The number of rotatable bonds is 9. The predicted molar refractivity (Wildman–Crippen MR) is 113 cm³/mol. The maximum Gasteiger partial charge on any atom is 0.308 e. The fourth-order valence-electron chi connectivity index (χ4n) is 3.18. The Bertz CT molecular complexity index is 1050. The minimum absolute atomic E-state index is 0.0103. The van der Waals surface area contributed by atoms with Crippen LogP contribution in [-0.4, -0.2) is 23.0 Å². The molecule has 2 aromatic carbocycles. The number of ether oxygens (including phenoxy) is 1. The third-order valence-electron chi connectivity index (χ3n) is 4.60. The largest absolute Gasteiger partial charge is 0.463 e. The standard InChI is InChI=1S/C24H24F2N2O4/c1-15(2)31-23(30)13-19(16-7-4-3-5-8-16)28-21(29)11-12-22-27-14-20(32-22)24-17(25)9-6-10-18(24)26/h3-10,14-15,19H,11-13H2,1-2H3,(H,28,29). The van der Waals surface area contributed by atoms with Crippen LogP contribution in [0.1, 0.15) is 44.2 Å². The van der Waals surface area contributed by atoms with E-state index >= 15 is 0 Å². The average molecular weight is 442 g/mol. The first-order valence-corrected chi connectivity index (χ1v) is 10.3. The fraction of sp³-hybridized carbons (Fsp3) is 0.292. The first-order valence-electron chi connectivity index (χ1n) is 10.3. The van der Waals surface area contributed by atoms with Crippen LogP contribution in [0, 0.1) is 11.6 Å². The molecule has 6 nitrogen and oxygen atoms in total. The fourth-order valence-corrected chi connectivity index (χ4v) is 3.18. The molecule has 0 aliphatic heterocycles. The molecule has 168 valence electrons. The molecule has 0 saturated carbocycles. The van der Waals surface area contributed by atoms with Crippen LogP contribution in [0.5, 0.6) is 0 Å². The highest BCUT2D eigenvalue weighted by Crippen LogP contribution is 2.27. The second-order valence-corrected chi connectivity index (χ2v) is 7.49. The van der Waals surface area contributed by atoms with Crippen LogP contribution in [0.2, 0.25) is 0 Å². The highest BCUT2D eigenvalue weighted by atomic mass is 19.1. The summed E-state index contributed by atoms with van der Waals surface area (Å²) in [6.07, 6.45) is 1.10. The molecule has 0 bridgehead atoms. The minimum atomic E-state index is -0.760. The Labute approximate surface area is 184 Å². The Balaban J connectivity index is 1.63. The second kappa shape index (κ2) is 10.7. The molecule has 3 rings (SSSR count). The number of carbonyl (C=O) groups is 2. The Morgan fingerprint density at radius 3 is 2.41 bits per heavy atom. The van der Waals surface area contributed by atoms with Crippen molar-refractivity contribution in [1.82, 2.24) is 10.3 Å². The van der Waals surface area contributed by atoms with Crippen LogP contribution in [0.4, 0.5) is 8.78 Å².